The summed E-state index contributed by atoms with van der Waals surface area (Å²) in [5, 5.41) is 2.88. The Balaban J connectivity index is 0.000000187. The van der Waals surface area contributed by atoms with E-state index in [1.54, 1.807) is 0 Å². The largest absolute Gasteiger partial charge is 0.363 e. The molecule has 0 aromatic heterocycles. The molecule has 0 bridgehead atoms. The van der Waals surface area contributed by atoms with E-state index in [1.165, 1.54) is 6.42 Å². The zero-order chi connectivity index (χ0) is 7.11. The quantitative estimate of drug-likeness (QED) is 0.497. The van der Waals surface area contributed by atoms with Crippen LogP contribution in [0.3, 0.4) is 0 Å². The maximum atomic E-state index is 5.30. The minimum Gasteiger partial charge on any atom is -0.363 e. The molecule has 1 aliphatic rings. The predicted octanol–water partition coefficient (Wildman–Crippen LogP) is 0.265. The molecule has 3 N–H and O–H groups in total. The average molecular weight is 132 g/mol. The van der Waals surface area contributed by atoms with Gasteiger partial charge in [0.05, 0.1) is 19.5 Å². The van der Waals surface area contributed by atoms with Crippen molar-refractivity contribution in [3.8, 4) is 0 Å². The number of rotatable bonds is 0. The highest BCUT2D eigenvalue weighted by atomic mass is 16.5. The Morgan fingerprint density at radius 3 is 2.33 bits per heavy atom. The molecule has 0 aromatic carbocycles. The van der Waals surface area contributed by atoms with Crippen molar-refractivity contribution in [1.82, 2.24) is 5.32 Å². The van der Waals surface area contributed by atoms with Crippen LogP contribution in [0.4, 0.5) is 0 Å². The molecule has 0 amide bonds. The van der Waals surface area contributed by atoms with Crippen LogP contribution < -0.4 is 11.1 Å². The van der Waals surface area contributed by atoms with Gasteiger partial charge in [-0.3, -0.25) is 5.32 Å². The molecule has 1 heterocycles. The van der Waals surface area contributed by atoms with E-state index in [-0.39, 0.29) is 6.17 Å². The maximum Gasteiger partial charge on any atom is 0.0979 e. The smallest absolute Gasteiger partial charge is 0.0979 e. The summed E-state index contributed by atoms with van der Waals surface area (Å²) in [5.74, 6) is 0. The van der Waals surface area contributed by atoms with Crippen molar-refractivity contribution in [1.29, 1.82) is 0 Å². The molecule has 56 valence electrons. The van der Waals surface area contributed by atoms with Gasteiger partial charge in [0, 0.05) is 0 Å². The fourth-order valence-electron chi connectivity index (χ4n) is 0.411. The van der Waals surface area contributed by atoms with Crippen LogP contribution in [-0.4, -0.2) is 19.5 Å². The molecule has 9 heavy (non-hydrogen) atoms. The Bertz CT molecular complexity index is 53.0. The molecule has 1 rings (SSSR count). The van der Waals surface area contributed by atoms with Gasteiger partial charge in [0.15, 0.2) is 0 Å². The second kappa shape index (κ2) is 6.01. The zero-order valence-corrected chi connectivity index (χ0v) is 6.18. The normalized spacial score (nSPS) is 25.0. The molecule has 1 atom stereocenters. The SMILES string of the molecule is CCC.N[C@@H]1COCN1. The molecule has 0 spiro atoms. The summed E-state index contributed by atoms with van der Waals surface area (Å²) in [6, 6.07) is 0. The fraction of sp³-hybridized carbons (Fsp3) is 1.00. The van der Waals surface area contributed by atoms with Gasteiger partial charge >= 0.3 is 0 Å². The van der Waals surface area contributed by atoms with E-state index in [0.29, 0.717) is 13.3 Å². The molecule has 1 saturated heterocycles. The third kappa shape index (κ3) is 5.76. The van der Waals surface area contributed by atoms with E-state index in [4.69, 9.17) is 10.5 Å². The lowest BCUT2D eigenvalue weighted by atomic mass is 10.6. The van der Waals surface area contributed by atoms with E-state index >= 15 is 0 Å². The van der Waals surface area contributed by atoms with Crippen molar-refractivity contribution < 1.29 is 4.74 Å². The standard InChI is InChI=1S/C3H8N2O.C3H8/c4-3-1-6-2-5-3;1-3-2/h3,5H,1-2,4H2;3H2,1-2H3/t3-;/m0./s1. The van der Waals surface area contributed by atoms with Crippen LogP contribution in [0.5, 0.6) is 0 Å². The summed E-state index contributed by atoms with van der Waals surface area (Å²) in [5.41, 5.74) is 5.30. The lowest BCUT2D eigenvalue weighted by Crippen LogP contribution is -2.32. The Labute approximate surface area is 56.6 Å². The molecule has 0 unspecified atom stereocenters. The fourth-order valence-corrected chi connectivity index (χ4v) is 0.411. The Morgan fingerprint density at radius 1 is 1.67 bits per heavy atom. The number of hydrogen-bond donors (Lipinski definition) is 2. The van der Waals surface area contributed by atoms with Crippen molar-refractivity contribution in [3.63, 3.8) is 0 Å². The van der Waals surface area contributed by atoms with Gasteiger partial charge in [-0.25, -0.2) is 0 Å². The highest BCUT2D eigenvalue weighted by Crippen LogP contribution is 1.82. The van der Waals surface area contributed by atoms with Gasteiger partial charge in [-0.15, -0.1) is 0 Å². The second-order valence-electron chi connectivity index (χ2n) is 2.03. The zero-order valence-electron chi connectivity index (χ0n) is 6.18. The molecule has 0 aliphatic carbocycles. The summed E-state index contributed by atoms with van der Waals surface area (Å²) >= 11 is 0. The van der Waals surface area contributed by atoms with Crippen LogP contribution in [0.15, 0.2) is 0 Å². The maximum absolute atomic E-state index is 5.30. The number of ether oxygens (including phenoxy) is 1. The third-order valence-corrected chi connectivity index (χ3v) is 0.745. The van der Waals surface area contributed by atoms with E-state index in [9.17, 15) is 0 Å². The molecule has 0 saturated carbocycles. The Morgan fingerprint density at radius 2 is 2.22 bits per heavy atom. The van der Waals surface area contributed by atoms with Crippen molar-refractivity contribution in [2.45, 2.75) is 26.4 Å². The van der Waals surface area contributed by atoms with Crippen LogP contribution in [-0.2, 0) is 4.74 Å². The summed E-state index contributed by atoms with van der Waals surface area (Å²) in [6.07, 6.45) is 1.32. The first kappa shape index (κ1) is 8.88. The summed E-state index contributed by atoms with van der Waals surface area (Å²) in [7, 11) is 0. The number of hydrogen-bond acceptors (Lipinski definition) is 3. The van der Waals surface area contributed by atoms with Gasteiger partial charge in [-0.1, -0.05) is 20.3 Å². The summed E-state index contributed by atoms with van der Waals surface area (Å²) in [4.78, 5) is 0. The van der Waals surface area contributed by atoms with Crippen LogP contribution in [0.25, 0.3) is 0 Å². The van der Waals surface area contributed by atoms with Crippen molar-refractivity contribution in [3.05, 3.63) is 0 Å². The Kier molecular flexibility index (Phi) is 5.93. The van der Waals surface area contributed by atoms with E-state index in [1.807, 2.05) is 0 Å². The van der Waals surface area contributed by atoms with E-state index in [0.717, 1.165) is 0 Å². The molecular formula is C6H16N2O. The molecule has 3 heteroatoms. The van der Waals surface area contributed by atoms with Crippen molar-refractivity contribution in [2.24, 2.45) is 5.73 Å². The molecular weight excluding hydrogens is 116 g/mol. The van der Waals surface area contributed by atoms with E-state index < -0.39 is 0 Å². The molecule has 1 fully saturated rings. The van der Waals surface area contributed by atoms with Gasteiger partial charge < -0.3 is 10.5 Å². The van der Waals surface area contributed by atoms with Crippen molar-refractivity contribution >= 4 is 0 Å². The first-order valence-electron chi connectivity index (χ1n) is 3.38. The van der Waals surface area contributed by atoms with Crippen LogP contribution in [0.1, 0.15) is 20.3 Å². The highest BCUT2D eigenvalue weighted by molar-refractivity contribution is 4.58. The van der Waals surface area contributed by atoms with Crippen molar-refractivity contribution in [2.75, 3.05) is 13.3 Å². The third-order valence-electron chi connectivity index (χ3n) is 0.745. The number of nitrogens with one attached hydrogen (secondary N) is 1. The summed E-state index contributed by atoms with van der Waals surface area (Å²) < 4.78 is 4.82. The van der Waals surface area contributed by atoms with Gasteiger partial charge in [0.1, 0.15) is 0 Å². The number of nitrogens with two attached hydrogens (primary N) is 1. The van der Waals surface area contributed by atoms with Gasteiger partial charge in [-0.05, 0) is 0 Å². The topological polar surface area (TPSA) is 47.3 Å². The lowest BCUT2D eigenvalue weighted by Gasteiger charge is -1.92. The second-order valence-corrected chi connectivity index (χ2v) is 2.03. The van der Waals surface area contributed by atoms with Gasteiger partial charge in [0.2, 0.25) is 0 Å². The predicted molar refractivity (Wildman–Crippen MR) is 37.9 cm³/mol. The minimum atomic E-state index is 0.0741. The molecule has 0 aromatic rings. The van der Waals surface area contributed by atoms with Crippen LogP contribution >= 0.6 is 0 Å². The van der Waals surface area contributed by atoms with Gasteiger partial charge in [0.25, 0.3) is 0 Å². The highest BCUT2D eigenvalue weighted by Gasteiger charge is 2.06. The first-order chi connectivity index (χ1) is 4.31. The minimum absolute atomic E-state index is 0.0741. The molecule has 1 aliphatic heterocycles. The van der Waals surface area contributed by atoms with Crippen LogP contribution in [0, 0.1) is 0 Å². The summed E-state index contributed by atoms with van der Waals surface area (Å²) in [6.45, 7) is 5.52. The molecule has 3 nitrogen and oxygen atoms in total. The first-order valence-corrected chi connectivity index (χ1v) is 3.38. The Hall–Kier alpha value is -0.120. The van der Waals surface area contributed by atoms with Crippen LogP contribution in [0.2, 0.25) is 0 Å². The lowest BCUT2D eigenvalue weighted by molar-refractivity contribution is 0.190. The van der Waals surface area contributed by atoms with E-state index in [2.05, 4.69) is 19.2 Å². The average Bonchev–Trinajstić information content (AvgIpc) is 2.20. The molecule has 0 radical (unpaired) electrons. The monoisotopic (exact) mass is 132 g/mol. The van der Waals surface area contributed by atoms with Gasteiger partial charge in [-0.2, -0.15) is 0 Å².